The van der Waals surface area contributed by atoms with Gasteiger partial charge in [-0.2, -0.15) is 0 Å². The van der Waals surface area contributed by atoms with Gasteiger partial charge in [0.05, 0.1) is 25.2 Å². The van der Waals surface area contributed by atoms with Gasteiger partial charge in [0.2, 0.25) is 0 Å². The first-order chi connectivity index (χ1) is 14.4. The van der Waals surface area contributed by atoms with Crippen molar-refractivity contribution in [2.75, 3.05) is 24.7 Å². The van der Waals surface area contributed by atoms with E-state index in [1.165, 1.54) is 12.5 Å². The number of nitrogens with one attached hydrogen (secondary N) is 2. The Morgan fingerprint density at radius 1 is 1.27 bits per heavy atom. The predicted molar refractivity (Wildman–Crippen MR) is 103 cm³/mol. The number of furan rings is 1. The van der Waals surface area contributed by atoms with Crippen molar-refractivity contribution < 1.29 is 33.1 Å². The summed E-state index contributed by atoms with van der Waals surface area (Å²) >= 11 is 0.898. The molecule has 12 nitrogen and oxygen atoms in total. The Hall–Kier alpha value is -3.61. The SMILES string of the molecule is CCOC(=O)c1cnc(SCC(=O)OCC(=O)NC(=O)NCc2ccco2)nc1N. The Kier molecular flexibility index (Phi) is 8.62. The standard InChI is InChI=1S/C17H19N5O7S/c1-2-27-15(25)11-7-20-17(22-14(11)18)30-9-13(24)29-8-12(23)21-16(26)19-6-10-4-3-5-28-10/h3-5,7H,2,6,8-9H2,1H3,(H2,18,20,22)(H2,19,21,23,26). The van der Waals surface area contributed by atoms with Gasteiger partial charge in [0, 0.05) is 6.20 Å². The number of hydrogen-bond acceptors (Lipinski definition) is 11. The number of nitrogen functional groups attached to an aromatic ring is 1. The number of amides is 3. The second-order valence-corrected chi connectivity index (χ2v) is 6.37. The lowest BCUT2D eigenvalue weighted by Gasteiger charge is -2.07. The Labute approximate surface area is 174 Å². The Morgan fingerprint density at radius 3 is 2.73 bits per heavy atom. The summed E-state index contributed by atoms with van der Waals surface area (Å²) in [6, 6.07) is 2.56. The van der Waals surface area contributed by atoms with E-state index in [2.05, 4.69) is 15.3 Å². The summed E-state index contributed by atoms with van der Waals surface area (Å²) in [5, 5.41) is 4.55. The molecule has 0 aliphatic carbocycles. The van der Waals surface area contributed by atoms with E-state index >= 15 is 0 Å². The van der Waals surface area contributed by atoms with Crippen molar-refractivity contribution in [3.63, 3.8) is 0 Å². The average molecular weight is 437 g/mol. The van der Waals surface area contributed by atoms with Crippen LogP contribution in [0.5, 0.6) is 0 Å². The molecule has 0 aromatic carbocycles. The highest BCUT2D eigenvalue weighted by molar-refractivity contribution is 7.99. The van der Waals surface area contributed by atoms with Crippen LogP contribution < -0.4 is 16.4 Å². The molecule has 0 unspecified atom stereocenters. The molecule has 0 atom stereocenters. The number of nitrogens with zero attached hydrogens (tertiary/aromatic N) is 2. The monoisotopic (exact) mass is 437 g/mol. The zero-order valence-electron chi connectivity index (χ0n) is 15.9. The van der Waals surface area contributed by atoms with Gasteiger partial charge in [-0.3, -0.25) is 14.9 Å². The lowest BCUT2D eigenvalue weighted by molar-refractivity contribution is -0.145. The first-order valence-electron chi connectivity index (χ1n) is 8.57. The van der Waals surface area contributed by atoms with Crippen LogP contribution in [0.3, 0.4) is 0 Å². The van der Waals surface area contributed by atoms with Crippen molar-refractivity contribution in [1.29, 1.82) is 0 Å². The molecule has 0 aliphatic heterocycles. The molecule has 0 aliphatic rings. The highest BCUT2D eigenvalue weighted by Crippen LogP contribution is 2.17. The summed E-state index contributed by atoms with van der Waals surface area (Å²) in [6.45, 7) is 1.29. The number of esters is 2. The van der Waals surface area contributed by atoms with E-state index in [-0.39, 0.29) is 35.4 Å². The zero-order valence-corrected chi connectivity index (χ0v) is 16.7. The van der Waals surface area contributed by atoms with Gasteiger partial charge >= 0.3 is 18.0 Å². The molecule has 0 radical (unpaired) electrons. The number of imide groups is 1. The molecule has 2 heterocycles. The molecule has 0 bridgehead atoms. The van der Waals surface area contributed by atoms with E-state index in [1.54, 1.807) is 19.1 Å². The molecule has 13 heteroatoms. The van der Waals surface area contributed by atoms with E-state index in [4.69, 9.17) is 19.6 Å². The molecular formula is C17H19N5O7S. The van der Waals surface area contributed by atoms with Gasteiger partial charge in [-0.1, -0.05) is 11.8 Å². The van der Waals surface area contributed by atoms with Crippen molar-refractivity contribution in [3.05, 3.63) is 35.9 Å². The number of hydrogen-bond donors (Lipinski definition) is 3. The molecule has 160 valence electrons. The maximum absolute atomic E-state index is 11.7. The zero-order chi connectivity index (χ0) is 21.9. The maximum atomic E-state index is 11.7. The Balaban J connectivity index is 1.69. The molecule has 0 saturated heterocycles. The molecule has 2 rings (SSSR count). The number of carbonyl (C=O) groups is 4. The minimum Gasteiger partial charge on any atom is -0.467 e. The van der Waals surface area contributed by atoms with E-state index in [0.29, 0.717) is 5.76 Å². The molecule has 0 fully saturated rings. The minimum absolute atomic E-state index is 0.0192. The van der Waals surface area contributed by atoms with Crippen LogP contribution >= 0.6 is 11.8 Å². The van der Waals surface area contributed by atoms with Crippen LogP contribution in [-0.2, 0) is 25.6 Å². The lowest BCUT2D eigenvalue weighted by Crippen LogP contribution is -2.41. The number of anilines is 1. The van der Waals surface area contributed by atoms with Crippen molar-refractivity contribution in [2.24, 2.45) is 0 Å². The highest BCUT2D eigenvalue weighted by Gasteiger charge is 2.15. The third-order valence-electron chi connectivity index (χ3n) is 3.23. The van der Waals surface area contributed by atoms with Crippen molar-refractivity contribution in [2.45, 2.75) is 18.6 Å². The molecule has 4 N–H and O–H groups in total. The third-order valence-corrected chi connectivity index (χ3v) is 4.07. The van der Waals surface area contributed by atoms with Gasteiger partial charge in [-0.15, -0.1) is 0 Å². The third kappa shape index (κ3) is 7.43. The first-order valence-corrected chi connectivity index (χ1v) is 9.55. The summed E-state index contributed by atoms with van der Waals surface area (Å²) in [7, 11) is 0. The van der Waals surface area contributed by atoms with E-state index in [1.807, 2.05) is 5.32 Å². The minimum atomic E-state index is -0.801. The number of thioether (sulfide) groups is 1. The Morgan fingerprint density at radius 2 is 2.07 bits per heavy atom. The number of rotatable bonds is 9. The van der Waals surface area contributed by atoms with Crippen molar-refractivity contribution in [3.8, 4) is 0 Å². The molecule has 0 spiro atoms. The number of carbonyl (C=O) groups excluding carboxylic acids is 4. The van der Waals surface area contributed by atoms with E-state index < -0.39 is 30.5 Å². The predicted octanol–water partition coefficient (Wildman–Crippen LogP) is 0.490. The van der Waals surface area contributed by atoms with Gasteiger partial charge < -0.3 is 24.9 Å². The van der Waals surface area contributed by atoms with Crippen molar-refractivity contribution >= 4 is 41.5 Å². The quantitative estimate of drug-likeness (QED) is 0.283. The number of nitrogens with two attached hydrogens (primary N) is 1. The number of aromatic nitrogens is 2. The summed E-state index contributed by atoms with van der Waals surface area (Å²) in [5.74, 6) is -1.97. The van der Waals surface area contributed by atoms with Crippen LogP contribution in [0.25, 0.3) is 0 Å². The molecular weight excluding hydrogens is 418 g/mol. The molecule has 0 saturated carbocycles. The highest BCUT2D eigenvalue weighted by atomic mass is 32.2. The molecule has 2 aromatic rings. The fourth-order valence-electron chi connectivity index (χ4n) is 1.91. The summed E-state index contributed by atoms with van der Waals surface area (Å²) in [6.07, 6.45) is 2.65. The van der Waals surface area contributed by atoms with E-state index in [9.17, 15) is 19.2 Å². The van der Waals surface area contributed by atoms with Crippen LogP contribution in [-0.4, -0.2) is 52.8 Å². The fourth-order valence-corrected chi connectivity index (χ4v) is 2.53. The Bertz CT molecular complexity index is 904. The number of urea groups is 1. The largest absolute Gasteiger partial charge is 0.467 e. The average Bonchev–Trinajstić information content (AvgIpc) is 3.23. The van der Waals surface area contributed by atoms with Gasteiger partial charge in [0.25, 0.3) is 5.91 Å². The van der Waals surface area contributed by atoms with Crippen LogP contribution in [0.2, 0.25) is 0 Å². The summed E-state index contributed by atoms with van der Waals surface area (Å²) in [5.41, 5.74) is 5.70. The van der Waals surface area contributed by atoms with Crippen LogP contribution in [0.4, 0.5) is 10.6 Å². The van der Waals surface area contributed by atoms with Crippen molar-refractivity contribution in [1.82, 2.24) is 20.6 Å². The molecule has 2 aromatic heterocycles. The van der Waals surface area contributed by atoms with Gasteiger partial charge in [0.1, 0.15) is 17.1 Å². The summed E-state index contributed by atoms with van der Waals surface area (Å²) in [4.78, 5) is 54.4. The topological polar surface area (TPSA) is 176 Å². The lowest BCUT2D eigenvalue weighted by atomic mass is 10.3. The van der Waals surface area contributed by atoms with Crippen LogP contribution in [0, 0.1) is 0 Å². The second-order valence-electron chi connectivity index (χ2n) is 5.43. The van der Waals surface area contributed by atoms with Gasteiger partial charge in [-0.05, 0) is 19.1 Å². The smallest absolute Gasteiger partial charge is 0.343 e. The van der Waals surface area contributed by atoms with Gasteiger partial charge in [0.15, 0.2) is 11.8 Å². The normalized spacial score (nSPS) is 10.2. The maximum Gasteiger partial charge on any atom is 0.343 e. The van der Waals surface area contributed by atoms with E-state index in [0.717, 1.165) is 11.8 Å². The van der Waals surface area contributed by atoms with Crippen LogP contribution in [0.1, 0.15) is 23.0 Å². The second kappa shape index (κ2) is 11.4. The fraction of sp³-hybridized carbons (Fsp3) is 0.294. The molecule has 3 amide bonds. The first kappa shape index (κ1) is 22.7. The number of ether oxygens (including phenoxy) is 2. The van der Waals surface area contributed by atoms with Gasteiger partial charge in [-0.25, -0.2) is 19.6 Å². The molecule has 30 heavy (non-hydrogen) atoms. The van der Waals surface area contributed by atoms with Crippen LogP contribution in [0.15, 0.2) is 34.2 Å². The summed E-state index contributed by atoms with van der Waals surface area (Å²) < 4.78 is 14.6.